The number of hydrogen-bond acceptors (Lipinski definition) is 6. The fraction of sp³-hybridized carbons (Fsp3) is 0.471. The Morgan fingerprint density at radius 3 is 2.46 bits per heavy atom. The fourth-order valence-electron chi connectivity index (χ4n) is 2.88. The van der Waals surface area contributed by atoms with Crippen LogP contribution in [0.1, 0.15) is 41.6 Å². The Labute approximate surface area is 140 Å². The topological polar surface area (TPSA) is 128 Å². The first-order valence-electron chi connectivity index (χ1n) is 7.94. The zero-order chi connectivity index (χ0) is 17.7. The third kappa shape index (κ3) is 4.11. The van der Waals surface area contributed by atoms with Gasteiger partial charge in [0.15, 0.2) is 0 Å². The third-order valence-electron chi connectivity index (χ3n) is 4.42. The molecule has 5 N–H and O–H groups in total. The second-order valence-corrected chi connectivity index (χ2v) is 5.99. The van der Waals surface area contributed by atoms with Crippen molar-refractivity contribution in [2.75, 3.05) is 13.7 Å². The predicted molar refractivity (Wildman–Crippen MR) is 88.9 cm³/mol. The molecule has 1 aliphatic carbocycles. The van der Waals surface area contributed by atoms with Gasteiger partial charge < -0.3 is 20.9 Å². The van der Waals surface area contributed by atoms with Gasteiger partial charge in [0.2, 0.25) is 0 Å². The largest absolute Gasteiger partial charge is 0.465 e. The Morgan fingerprint density at radius 2 is 1.92 bits per heavy atom. The van der Waals surface area contributed by atoms with E-state index < -0.39 is 5.97 Å². The summed E-state index contributed by atoms with van der Waals surface area (Å²) in [5.41, 5.74) is 11.5. The van der Waals surface area contributed by atoms with Crippen LogP contribution in [0.4, 0.5) is 0 Å². The molecule has 0 amide bonds. The first-order chi connectivity index (χ1) is 11.5. The average molecular weight is 333 g/mol. The van der Waals surface area contributed by atoms with E-state index in [0.717, 1.165) is 25.7 Å². The molecule has 0 aromatic heterocycles. The molecule has 130 valence electrons. The lowest BCUT2D eigenvalue weighted by molar-refractivity contribution is -0.140. The highest BCUT2D eigenvalue weighted by atomic mass is 16.5. The maximum Gasteiger partial charge on any atom is 0.341 e. The molecular weight excluding hydrogens is 310 g/mol. The molecule has 24 heavy (non-hydrogen) atoms. The van der Waals surface area contributed by atoms with Crippen molar-refractivity contribution in [3.05, 3.63) is 29.3 Å². The van der Waals surface area contributed by atoms with Gasteiger partial charge >= 0.3 is 11.9 Å². The molecule has 2 rings (SSSR count). The predicted octanol–water partition coefficient (Wildman–Crippen LogP) is 1.43. The van der Waals surface area contributed by atoms with Crippen LogP contribution in [0.5, 0.6) is 5.75 Å². The van der Waals surface area contributed by atoms with Crippen molar-refractivity contribution in [3.63, 3.8) is 0 Å². The van der Waals surface area contributed by atoms with Crippen molar-refractivity contribution in [1.82, 2.24) is 0 Å². The minimum atomic E-state index is -0.646. The molecule has 0 saturated heterocycles. The Balaban J connectivity index is 2.15. The molecule has 1 aliphatic rings. The number of methoxy groups -OCH3 is 1. The molecule has 0 atom stereocenters. The second-order valence-electron chi connectivity index (χ2n) is 5.99. The summed E-state index contributed by atoms with van der Waals surface area (Å²) in [4.78, 5) is 24.3. The SMILES string of the molecule is COC(=O)c1cc(C(=N)N)ccc1OC(=O)C1CCC(CN)CC1. The van der Waals surface area contributed by atoms with Gasteiger partial charge in [-0.1, -0.05) is 0 Å². The highest BCUT2D eigenvalue weighted by Gasteiger charge is 2.28. The molecule has 1 fully saturated rings. The van der Waals surface area contributed by atoms with Gasteiger partial charge in [0, 0.05) is 5.56 Å². The molecule has 0 unspecified atom stereocenters. The van der Waals surface area contributed by atoms with E-state index in [9.17, 15) is 9.59 Å². The summed E-state index contributed by atoms with van der Waals surface area (Å²) in [6, 6.07) is 4.39. The van der Waals surface area contributed by atoms with Crippen LogP contribution in [-0.2, 0) is 9.53 Å². The molecule has 7 nitrogen and oxygen atoms in total. The summed E-state index contributed by atoms with van der Waals surface area (Å²) in [6.45, 7) is 0.640. The lowest BCUT2D eigenvalue weighted by Gasteiger charge is -2.26. The summed E-state index contributed by atoms with van der Waals surface area (Å²) < 4.78 is 10.1. The highest BCUT2D eigenvalue weighted by molar-refractivity contribution is 6.00. The molecule has 1 aromatic rings. The normalized spacial score (nSPS) is 20.2. The molecule has 0 bridgehead atoms. The third-order valence-corrected chi connectivity index (χ3v) is 4.42. The lowest BCUT2D eigenvalue weighted by atomic mass is 9.82. The van der Waals surface area contributed by atoms with E-state index in [-0.39, 0.29) is 29.0 Å². The van der Waals surface area contributed by atoms with E-state index in [0.29, 0.717) is 18.0 Å². The highest BCUT2D eigenvalue weighted by Crippen LogP contribution is 2.30. The van der Waals surface area contributed by atoms with Gasteiger partial charge in [0.1, 0.15) is 17.1 Å². The van der Waals surface area contributed by atoms with E-state index >= 15 is 0 Å². The lowest BCUT2D eigenvalue weighted by Crippen LogP contribution is -2.28. The fourth-order valence-corrected chi connectivity index (χ4v) is 2.88. The van der Waals surface area contributed by atoms with Crippen LogP contribution in [0.2, 0.25) is 0 Å². The van der Waals surface area contributed by atoms with E-state index in [1.54, 1.807) is 0 Å². The number of nitrogens with two attached hydrogens (primary N) is 2. The molecule has 1 saturated carbocycles. The summed E-state index contributed by atoms with van der Waals surface area (Å²) in [5.74, 6) is -0.782. The van der Waals surface area contributed by atoms with E-state index in [1.165, 1.54) is 25.3 Å². The smallest absolute Gasteiger partial charge is 0.341 e. The van der Waals surface area contributed by atoms with Crippen LogP contribution < -0.4 is 16.2 Å². The van der Waals surface area contributed by atoms with Crippen LogP contribution in [0, 0.1) is 17.2 Å². The summed E-state index contributed by atoms with van der Waals surface area (Å²) in [5, 5.41) is 7.45. The van der Waals surface area contributed by atoms with E-state index in [4.69, 9.17) is 26.4 Å². The van der Waals surface area contributed by atoms with Crippen molar-refractivity contribution in [1.29, 1.82) is 5.41 Å². The van der Waals surface area contributed by atoms with Crippen molar-refractivity contribution < 1.29 is 19.1 Å². The number of ether oxygens (including phenoxy) is 2. The molecule has 0 aliphatic heterocycles. The van der Waals surface area contributed by atoms with Crippen LogP contribution in [0.3, 0.4) is 0 Å². The summed E-state index contributed by atoms with van der Waals surface area (Å²) in [7, 11) is 1.24. The molecule has 0 heterocycles. The Bertz CT molecular complexity index is 637. The Hall–Kier alpha value is -2.41. The van der Waals surface area contributed by atoms with Gasteiger partial charge in [0.25, 0.3) is 0 Å². The number of nitrogens with one attached hydrogen (secondary N) is 1. The molecule has 0 spiro atoms. The molecular formula is C17H23N3O4. The average Bonchev–Trinajstić information content (AvgIpc) is 2.61. The number of amidine groups is 1. The number of benzene rings is 1. The minimum absolute atomic E-state index is 0.0780. The quantitative estimate of drug-likeness (QED) is 0.323. The number of carbonyl (C=O) groups is 2. The molecule has 7 heteroatoms. The van der Waals surface area contributed by atoms with Crippen molar-refractivity contribution in [3.8, 4) is 5.75 Å². The second kappa shape index (κ2) is 7.92. The standard InChI is InChI=1S/C17H23N3O4/c1-23-17(22)13-8-12(15(19)20)6-7-14(13)24-16(21)11-4-2-10(9-18)3-5-11/h6-8,10-11H,2-5,9,18H2,1H3,(H3,19,20). The van der Waals surface area contributed by atoms with Gasteiger partial charge in [-0.2, -0.15) is 0 Å². The maximum absolute atomic E-state index is 12.4. The first kappa shape index (κ1) is 17.9. The number of carbonyl (C=O) groups excluding carboxylic acids is 2. The van der Waals surface area contributed by atoms with Gasteiger partial charge in [0.05, 0.1) is 13.0 Å². The zero-order valence-corrected chi connectivity index (χ0v) is 13.7. The van der Waals surface area contributed by atoms with Crippen molar-refractivity contribution in [2.45, 2.75) is 25.7 Å². The van der Waals surface area contributed by atoms with Crippen LogP contribution in [0.15, 0.2) is 18.2 Å². The maximum atomic E-state index is 12.4. The number of hydrogen-bond donors (Lipinski definition) is 3. The zero-order valence-electron chi connectivity index (χ0n) is 13.7. The molecule has 0 radical (unpaired) electrons. The first-order valence-corrected chi connectivity index (χ1v) is 7.94. The Morgan fingerprint density at radius 1 is 1.25 bits per heavy atom. The number of esters is 2. The van der Waals surface area contributed by atoms with Gasteiger partial charge in [-0.15, -0.1) is 0 Å². The van der Waals surface area contributed by atoms with Crippen molar-refractivity contribution in [2.24, 2.45) is 23.3 Å². The number of rotatable bonds is 5. The van der Waals surface area contributed by atoms with E-state index in [2.05, 4.69) is 0 Å². The van der Waals surface area contributed by atoms with Gasteiger partial charge in [-0.25, -0.2) is 4.79 Å². The van der Waals surface area contributed by atoms with Gasteiger partial charge in [-0.3, -0.25) is 10.2 Å². The van der Waals surface area contributed by atoms with Crippen LogP contribution >= 0.6 is 0 Å². The summed E-state index contributed by atoms with van der Waals surface area (Å²) in [6.07, 6.45) is 3.28. The monoisotopic (exact) mass is 333 g/mol. The van der Waals surface area contributed by atoms with Gasteiger partial charge in [-0.05, 0) is 56.3 Å². The Kier molecular flexibility index (Phi) is 5.92. The number of nitrogen functional groups attached to an aromatic ring is 1. The minimum Gasteiger partial charge on any atom is -0.465 e. The summed E-state index contributed by atoms with van der Waals surface area (Å²) >= 11 is 0. The molecule has 1 aromatic carbocycles. The van der Waals surface area contributed by atoms with Crippen LogP contribution in [-0.4, -0.2) is 31.4 Å². The van der Waals surface area contributed by atoms with Crippen LogP contribution in [0.25, 0.3) is 0 Å². The van der Waals surface area contributed by atoms with Crippen molar-refractivity contribution >= 4 is 17.8 Å². The van der Waals surface area contributed by atoms with E-state index in [1.807, 2.05) is 0 Å².